The van der Waals surface area contributed by atoms with E-state index in [0.717, 1.165) is 16.9 Å². The summed E-state index contributed by atoms with van der Waals surface area (Å²) in [5.74, 6) is 0.574. The van der Waals surface area contributed by atoms with E-state index < -0.39 is 17.9 Å². The van der Waals surface area contributed by atoms with Gasteiger partial charge in [0, 0.05) is 49.5 Å². The van der Waals surface area contributed by atoms with Gasteiger partial charge in [-0.1, -0.05) is 0 Å². The van der Waals surface area contributed by atoms with Crippen molar-refractivity contribution in [2.75, 3.05) is 18.9 Å². The number of carbonyl (C=O) groups excluding carboxylic acids is 3. The minimum absolute atomic E-state index is 0.0504. The molecule has 3 amide bonds. The monoisotopic (exact) mass is 534 g/mol. The van der Waals surface area contributed by atoms with E-state index in [1.54, 1.807) is 49.2 Å². The second kappa shape index (κ2) is 10.3. The third-order valence-corrected chi connectivity index (χ3v) is 6.40. The van der Waals surface area contributed by atoms with E-state index in [1.165, 1.54) is 17.5 Å². The van der Waals surface area contributed by atoms with Crippen LogP contribution in [0.2, 0.25) is 0 Å². The van der Waals surface area contributed by atoms with Crippen molar-refractivity contribution in [3.8, 4) is 28.7 Å². The van der Waals surface area contributed by atoms with Gasteiger partial charge in [0.2, 0.25) is 11.8 Å². The maximum atomic E-state index is 13.0. The van der Waals surface area contributed by atoms with Crippen molar-refractivity contribution >= 4 is 34.2 Å². The lowest BCUT2D eigenvalue weighted by molar-refractivity contribution is -0.132. The van der Waals surface area contributed by atoms with Crippen LogP contribution in [0.25, 0.3) is 11.5 Å². The molecule has 13 heteroatoms. The van der Waals surface area contributed by atoms with E-state index in [-0.39, 0.29) is 28.0 Å². The van der Waals surface area contributed by atoms with Crippen molar-refractivity contribution in [2.45, 2.75) is 19.4 Å². The summed E-state index contributed by atoms with van der Waals surface area (Å²) in [4.78, 5) is 42.3. The molecule has 3 heterocycles. The van der Waals surface area contributed by atoms with E-state index in [9.17, 15) is 14.4 Å². The van der Waals surface area contributed by atoms with Crippen LogP contribution in [0.4, 0.5) is 5.13 Å². The molecule has 194 valence electrons. The van der Waals surface area contributed by atoms with Crippen LogP contribution < -0.4 is 20.5 Å². The molecule has 1 unspecified atom stereocenters. The van der Waals surface area contributed by atoms with E-state index in [2.05, 4.69) is 20.5 Å². The number of hydrogen-bond donors (Lipinski definition) is 2. The van der Waals surface area contributed by atoms with Crippen molar-refractivity contribution < 1.29 is 28.3 Å². The fraction of sp³-hybridized carbons (Fsp3) is 0.200. The minimum Gasteiger partial charge on any atom is -0.480 e. The molecule has 1 atom stereocenters. The van der Waals surface area contributed by atoms with E-state index in [1.807, 2.05) is 0 Å². The van der Waals surface area contributed by atoms with E-state index in [4.69, 9.17) is 19.6 Å². The SMILES string of the molecule is Cc1nnc(-c2ccc(Oc3cc(OC4CCN(C)C4=O)cc(C(=O)Nc4nc(C(N)=O)cs4)c3)cc2)o1. The van der Waals surface area contributed by atoms with Crippen LogP contribution in [0.3, 0.4) is 0 Å². The van der Waals surface area contributed by atoms with Gasteiger partial charge in [-0.05, 0) is 36.4 Å². The second-order valence-electron chi connectivity index (χ2n) is 8.46. The van der Waals surface area contributed by atoms with Crippen LogP contribution in [0.1, 0.15) is 33.2 Å². The molecular weight excluding hydrogens is 512 g/mol. The van der Waals surface area contributed by atoms with Crippen LogP contribution in [0.5, 0.6) is 17.2 Å². The molecule has 5 rings (SSSR count). The Morgan fingerprint density at radius 1 is 1.13 bits per heavy atom. The Labute approximate surface area is 220 Å². The van der Waals surface area contributed by atoms with Crippen LogP contribution in [-0.4, -0.2) is 57.5 Å². The summed E-state index contributed by atoms with van der Waals surface area (Å²) < 4.78 is 17.4. The Morgan fingerprint density at radius 2 is 1.89 bits per heavy atom. The highest BCUT2D eigenvalue weighted by atomic mass is 32.1. The molecule has 0 spiro atoms. The van der Waals surface area contributed by atoms with Crippen molar-refractivity contribution in [3.63, 3.8) is 0 Å². The molecule has 1 aliphatic rings. The van der Waals surface area contributed by atoms with Crippen molar-refractivity contribution in [3.05, 3.63) is 65.0 Å². The number of rotatable bonds is 8. The van der Waals surface area contributed by atoms with Gasteiger partial charge in [-0.3, -0.25) is 19.7 Å². The molecule has 0 aliphatic carbocycles. The number of thiazole rings is 1. The molecule has 12 nitrogen and oxygen atoms in total. The molecule has 0 saturated carbocycles. The number of nitrogens with two attached hydrogens (primary N) is 1. The molecular formula is C25H22N6O6S. The molecule has 3 N–H and O–H groups in total. The highest BCUT2D eigenvalue weighted by Crippen LogP contribution is 2.31. The van der Waals surface area contributed by atoms with Gasteiger partial charge in [-0.2, -0.15) is 0 Å². The quantitative estimate of drug-likeness (QED) is 0.345. The number of ether oxygens (including phenoxy) is 2. The van der Waals surface area contributed by atoms with Gasteiger partial charge < -0.3 is 24.5 Å². The first-order chi connectivity index (χ1) is 18.2. The molecule has 2 aromatic carbocycles. The number of hydrogen-bond acceptors (Lipinski definition) is 10. The Kier molecular flexibility index (Phi) is 6.75. The van der Waals surface area contributed by atoms with Crippen LogP contribution in [0.15, 0.2) is 52.3 Å². The minimum atomic E-state index is -0.695. The smallest absolute Gasteiger partial charge is 0.268 e. The van der Waals surface area contributed by atoms with Gasteiger partial charge in [-0.15, -0.1) is 21.5 Å². The molecule has 0 bridgehead atoms. The van der Waals surface area contributed by atoms with Gasteiger partial charge in [0.15, 0.2) is 11.2 Å². The average Bonchev–Trinajstić information content (AvgIpc) is 3.62. The number of amides is 3. The first-order valence-corrected chi connectivity index (χ1v) is 12.3. The van der Waals surface area contributed by atoms with Crippen molar-refractivity contribution in [2.24, 2.45) is 5.73 Å². The Morgan fingerprint density at radius 3 is 2.53 bits per heavy atom. The molecule has 1 fully saturated rings. The summed E-state index contributed by atoms with van der Waals surface area (Å²) >= 11 is 1.07. The fourth-order valence-corrected chi connectivity index (χ4v) is 4.42. The molecule has 0 radical (unpaired) electrons. The third-order valence-electron chi connectivity index (χ3n) is 5.64. The summed E-state index contributed by atoms with van der Waals surface area (Å²) in [6.07, 6.45) is -0.145. The van der Waals surface area contributed by atoms with Gasteiger partial charge in [0.1, 0.15) is 22.9 Å². The maximum absolute atomic E-state index is 13.0. The van der Waals surface area contributed by atoms with Crippen molar-refractivity contribution in [1.29, 1.82) is 0 Å². The summed E-state index contributed by atoms with van der Waals surface area (Å²) in [5.41, 5.74) is 6.21. The van der Waals surface area contributed by atoms with Crippen LogP contribution >= 0.6 is 11.3 Å². The third kappa shape index (κ3) is 5.47. The first-order valence-electron chi connectivity index (χ1n) is 11.5. The second-order valence-corrected chi connectivity index (χ2v) is 9.32. The molecule has 2 aromatic heterocycles. The zero-order valence-electron chi connectivity index (χ0n) is 20.3. The van der Waals surface area contributed by atoms with Crippen molar-refractivity contribution in [1.82, 2.24) is 20.1 Å². The summed E-state index contributed by atoms with van der Waals surface area (Å²) in [5, 5.41) is 12.1. The summed E-state index contributed by atoms with van der Waals surface area (Å²) in [6, 6.07) is 11.6. The normalized spacial score (nSPS) is 14.9. The molecule has 38 heavy (non-hydrogen) atoms. The van der Waals surface area contributed by atoms with E-state index >= 15 is 0 Å². The Bertz CT molecular complexity index is 1510. The number of nitrogens with zero attached hydrogens (tertiary/aromatic N) is 4. The Hall–Kier alpha value is -4.78. The lowest BCUT2D eigenvalue weighted by Gasteiger charge is -2.15. The number of aromatic nitrogens is 3. The van der Waals surface area contributed by atoms with Crippen LogP contribution in [-0.2, 0) is 4.79 Å². The number of anilines is 1. The number of primary amides is 1. The fourth-order valence-electron chi connectivity index (χ4n) is 3.72. The molecule has 4 aromatic rings. The number of likely N-dealkylation sites (tertiary alicyclic amines) is 1. The lowest BCUT2D eigenvalue weighted by Crippen LogP contribution is -2.29. The zero-order valence-corrected chi connectivity index (χ0v) is 21.2. The molecule has 1 saturated heterocycles. The van der Waals surface area contributed by atoms with Gasteiger partial charge in [-0.25, -0.2) is 4.98 Å². The Balaban J connectivity index is 1.40. The number of nitrogens with one attached hydrogen (secondary N) is 1. The standard InChI is InChI=1S/C25H22N6O6S/c1-13-29-30-23(35-13)14-3-5-16(6-4-14)36-17-9-15(22(33)28-25-27-19(12-38-25)21(26)32)10-18(11-17)37-20-7-8-31(2)24(20)34/h3-6,9-12,20H,7-8H2,1-2H3,(H2,26,32)(H,27,28,33). The number of aryl methyl sites for hydroxylation is 1. The topological polar surface area (TPSA) is 163 Å². The molecule has 1 aliphatic heterocycles. The summed E-state index contributed by atoms with van der Waals surface area (Å²) in [7, 11) is 1.71. The average molecular weight is 535 g/mol. The highest BCUT2D eigenvalue weighted by Gasteiger charge is 2.31. The zero-order chi connectivity index (χ0) is 26.8. The first kappa shape index (κ1) is 24.9. The largest absolute Gasteiger partial charge is 0.480 e. The van der Waals surface area contributed by atoms with Gasteiger partial charge in [0.25, 0.3) is 17.7 Å². The number of likely N-dealkylation sites (N-methyl/N-ethyl adjacent to an activating group) is 1. The highest BCUT2D eigenvalue weighted by molar-refractivity contribution is 7.14. The van der Waals surface area contributed by atoms with Gasteiger partial charge in [0.05, 0.1) is 0 Å². The van der Waals surface area contributed by atoms with E-state index in [0.29, 0.717) is 36.2 Å². The predicted molar refractivity (Wildman–Crippen MR) is 136 cm³/mol. The van der Waals surface area contributed by atoms with Gasteiger partial charge >= 0.3 is 0 Å². The predicted octanol–water partition coefficient (Wildman–Crippen LogP) is 3.25. The van der Waals surface area contributed by atoms with Crippen LogP contribution in [0, 0.1) is 6.92 Å². The lowest BCUT2D eigenvalue weighted by atomic mass is 10.1. The summed E-state index contributed by atoms with van der Waals surface area (Å²) in [6.45, 7) is 2.28. The number of benzene rings is 2. The number of carbonyl (C=O) groups is 3. The maximum Gasteiger partial charge on any atom is 0.268 e.